The highest BCUT2D eigenvalue weighted by Gasteiger charge is 2.27. The van der Waals surface area contributed by atoms with Crippen molar-refractivity contribution >= 4 is 21.9 Å². The van der Waals surface area contributed by atoms with Crippen LogP contribution in [0.1, 0.15) is 38.2 Å². The summed E-state index contributed by atoms with van der Waals surface area (Å²) in [6.45, 7) is 3.20. The Balaban J connectivity index is 1.80. The molecule has 4 heteroatoms. The summed E-state index contributed by atoms with van der Waals surface area (Å²) in [4.78, 5) is 11.8. The molecule has 1 N–H and O–H groups in total. The van der Waals surface area contributed by atoms with Gasteiger partial charge in [-0.25, -0.2) is 0 Å². The van der Waals surface area contributed by atoms with Crippen molar-refractivity contribution in [3.05, 3.63) is 34.3 Å². The van der Waals surface area contributed by atoms with E-state index in [0.717, 1.165) is 36.7 Å². The van der Waals surface area contributed by atoms with Crippen molar-refractivity contribution in [2.24, 2.45) is 5.92 Å². The van der Waals surface area contributed by atoms with E-state index >= 15 is 0 Å². The molecule has 1 aliphatic carbocycles. The van der Waals surface area contributed by atoms with Crippen LogP contribution in [0.15, 0.2) is 28.7 Å². The number of hydrogen-bond acceptors (Lipinski definition) is 3. The summed E-state index contributed by atoms with van der Waals surface area (Å²) in [5.74, 6) is 0.0498. The lowest BCUT2D eigenvalue weighted by atomic mass is 9.85. The molecule has 1 fully saturated rings. The summed E-state index contributed by atoms with van der Waals surface area (Å²) >= 11 is 3.44. The third-order valence-corrected chi connectivity index (χ3v) is 4.33. The van der Waals surface area contributed by atoms with Gasteiger partial charge in [-0.3, -0.25) is 4.79 Å². The zero-order valence-electron chi connectivity index (χ0n) is 11.9. The van der Waals surface area contributed by atoms with E-state index in [1.165, 1.54) is 5.56 Å². The van der Waals surface area contributed by atoms with E-state index < -0.39 is 0 Å². The smallest absolute Gasteiger partial charge is 0.308 e. The second-order valence-corrected chi connectivity index (χ2v) is 6.24. The van der Waals surface area contributed by atoms with Crippen LogP contribution < -0.4 is 5.32 Å². The quantitative estimate of drug-likeness (QED) is 0.832. The molecular weight excluding hydrogens is 318 g/mol. The van der Waals surface area contributed by atoms with Gasteiger partial charge in [-0.05, 0) is 43.9 Å². The molecule has 2 rings (SSSR count). The van der Waals surface area contributed by atoms with E-state index in [-0.39, 0.29) is 11.9 Å². The van der Waals surface area contributed by atoms with Crippen molar-refractivity contribution in [2.75, 3.05) is 6.61 Å². The summed E-state index contributed by atoms with van der Waals surface area (Å²) < 4.78 is 6.23. The van der Waals surface area contributed by atoms with E-state index in [1.807, 2.05) is 6.92 Å². The van der Waals surface area contributed by atoms with Crippen LogP contribution in [-0.2, 0) is 16.1 Å². The van der Waals surface area contributed by atoms with Gasteiger partial charge in [0.2, 0.25) is 0 Å². The first kappa shape index (κ1) is 15.5. The van der Waals surface area contributed by atoms with Crippen LogP contribution in [0.25, 0.3) is 0 Å². The van der Waals surface area contributed by atoms with Gasteiger partial charge in [-0.2, -0.15) is 0 Å². The molecule has 0 saturated heterocycles. The first-order valence-corrected chi connectivity index (χ1v) is 8.12. The summed E-state index contributed by atoms with van der Waals surface area (Å²) in [5, 5.41) is 3.56. The Hall–Kier alpha value is -0.870. The molecule has 110 valence electrons. The lowest BCUT2D eigenvalue weighted by Gasteiger charge is -2.28. The first-order chi connectivity index (χ1) is 9.69. The summed E-state index contributed by atoms with van der Waals surface area (Å²) in [7, 11) is 0. The third-order valence-electron chi connectivity index (χ3n) is 3.80. The van der Waals surface area contributed by atoms with Gasteiger partial charge >= 0.3 is 5.97 Å². The molecule has 1 aromatic carbocycles. The fourth-order valence-corrected chi connectivity index (χ4v) is 2.98. The van der Waals surface area contributed by atoms with Crippen LogP contribution in [-0.4, -0.2) is 18.6 Å². The van der Waals surface area contributed by atoms with Gasteiger partial charge in [0.05, 0.1) is 12.5 Å². The largest absolute Gasteiger partial charge is 0.466 e. The molecule has 2 unspecified atom stereocenters. The zero-order chi connectivity index (χ0) is 14.4. The summed E-state index contributed by atoms with van der Waals surface area (Å²) in [6.07, 6.45) is 4.11. The number of benzene rings is 1. The summed E-state index contributed by atoms with van der Waals surface area (Å²) in [5.41, 5.74) is 1.27. The maximum atomic E-state index is 11.8. The maximum absolute atomic E-state index is 11.8. The van der Waals surface area contributed by atoms with E-state index in [1.54, 1.807) is 0 Å². The minimum Gasteiger partial charge on any atom is -0.466 e. The van der Waals surface area contributed by atoms with E-state index in [9.17, 15) is 4.79 Å². The summed E-state index contributed by atoms with van der Waals surface area (Å²) in [6, 6.07) is 8.76. The van der Waals surface area contributed by atoms with Crippen molar-refractivity contribution in [3.63, 3.8) is 0 Å². The lowest BCUT2D eigenvalue weighted by Crippen LogP contribution is -2.36. The standard InChI is InChI=1S/C16H22BrNO2/c1-2-20-16(19)13-4-3-5-15(10-13)18-11-12-6-8-14(17)9-7-12/h6-9,13,15,18H,2-5,10-11H2,1H3. The van der Waals surface area contributed by atoms with Crippen molar-refractivity contribution < 1.29 is 9.53 Å². The molecule has 0 aliphatic heterocycles. The molecule has 0 aromatic heterocycles. The predicted molar refractivity (Wildman–Crippen MR) is 83.4 cm³/mol. The Kier molecular flexibility index (Phi) is 6.05. The van der Waals surface area contributed by atoms with Crippen LogP contribution in [0, 0.1) is 5.92 Å². The molecule has 1 aromatic rings. The molecule has 3 nitrogen and oxygen atoms in total. The van der Waals surface area contributed by atoms with Crippen LogP contribution in [0.2, 0.25) is 0 Å². The van der Waals surface area contributed by atoms with Crippen molar-refractivity contribution in [1.29, 1.82) is 0 Å². The van der Waals surface area contributed by atoms with Crippen LogP contribution in [0.5, 0.6) is 0 Å². The average molecular weight is 340 g/mol. The molecule has 0 radical (unpaired) electrons. The minimum absolute atomic E-state index is 0.0253. The van der Waals surface area contributed by atoms with Gasteiger partial charge in [0.1, 0.15) is 0 Å². The van der Waals surface area contributed by atoms with Crippen LogP contribution in [0.3, 0.4) is 0 Å². The monoisotopic (exact) mass is 339 g/mol. The number of ether oxygens (including phenoxy) is 1. The Morgan fingerprint density at radius 1 is 1.35 bits per heavy atom. The highest BCUT2D eigenvalue weighted by molar-refractivity contribution is 9.10. The van der Waals surface area contributed by atoms with Gasteiger partial charge in [0.15, 0.2) is 0 Å². The van der Waals surface area contributed by atoms with Crippen molar-refractivity contribution in [3.8, 4) is 0 Å². The number of rotatable bonds is 5. The van der Waals surface area contributed by atoms with Gasteiger partial charge in [0.25, 0.3) is 0 Å². The highest BCUT2D eigenvalue weighted by Crippen LogP contribution is 2.25. The Bertz CT molecular complexity index is 433. The van der Waals surface area contributed by atoms with Crippen LogP contribution in [0.4, 0.5) is 0 Å². The number of halogens is 1. The molecule has 0 bridgehead atoms. The molecule has 1 aliphatic rings. The molecule has 0 heterocycles. The Morgan fingerprint density at radius 2 is 2.10 bits per heavy atom. The van der Waals surface area contributed by atoms with Crippen molar-refractivity contribution in [1.82, 2.24) is 5.32 Å². The van der Waals surface area contributed by atoms with Gasteiger partial charge in [-0.1, -0.05) is 34.5 Å². The number of esters is 1. The zero-order valence-corrected chi connectivity index (χ0v) is 13.5. The lowest BCUT2D eigenvalue weighted by molar-refractivity contribution is -0.149. The number of carbonyl (C=O) groups excluding carboxylic acids is 1. The molecular formula is C16H22BrNO2. The normalized spacial score (nSPS) is 22.5. The van der Waals surface area contributed by atoms with E-state index in [4.69, 9.17) is 4.74 Å². The number of hydrogen-bond donors (Lipinski definition) is 1. The fraction of sp³-hybridized carbons (Fsp3) is 0.562. The number of carbonyl (C=O) groups is 1. The average Bonchev–Trinajstić information content (AvgIpc) is 2.47. The Labute approximate surface area is 129 Å². The SMILES string of the molecule is CCOC(=O)C1CCCC(NCc2ccc(Br)cc2)C1. The highest BCUT2D eigenvalue weighted by atomic mass is 79.9. The Morgan fingerprint density at radius 3 is 2.80 bits per heavy atom. The second kappa shape index (κ2) is 7.79. The van der Waals surface area contributed by atoms with E-state index in [2.05, 4.69) is 45.5 Å². The van der Waals surface area contributed by atoms with Gasteiger partial charge in [0, 0.05) is 17.1 Å². The van der Waals surface area contributed by atoms with Gasteiger partial charge in [-0.15, -0.1) is 0 Å². The minimum atomic E-state index is -0.0253. The topological polar surface area (TPSA) is 38.3 Å². The molecule has 0 amide bonds. The van der Waals surface area contributed by atoms with Crippen molar-refractivity contribution in [2.45, 2.75) is 45.2 Å². The fourth-order valence-electron chi connectivity index (χ4n) is 2.71. The molecule has 0 spiro atoms. The van der Waals surface area contributed by atoms with Gasteiger partial charge < -0.3 is 10.1 Å². The first-order valence-electron chi connectivity index (χ1n) is 7.33. The number of nitrogens with one attached hydrogen (secondary N) is 1. The van der Waals surface area contributed by atoms with Crippen LogP contribution >= 0.6 is 15.9 Å². The molecule has 20 heavy (non-hydrogen) atoms. The van der Waals surface area contributed by atoms with E-state index in [0.29, 0.717) is 12.6 Å². The predicted octanol–water partition coefficient (Wildman–Crippen LogP) is 3.66. The molecule has 2 atom stereocenters. The molecule has 1 saturated carbocycles. The second-order valence-electron chi connectivity index (χ2n) is 5.32. The maximum Gasteiger partial charge on any atom is 0.308 e. The third kappa shape index (κ3) is 4.60.